The van der Waals surface area contributed by atoms with Crippen LogP contribution in [0.3, 0.4) is 0 Å². The minimum Gasteiger partial charge on any atom is -0.495 e. The molecule has 1 heterocycles. The number of benzene rings is 1. The Kier molecular flexibility index (Phi) is 3.82. The Hall–Kier alpha value is -2.04. The van der Waals surface area contributed by atoms with Crippen molar-refractivity contribution in [3.63, 3.8) is 0 Å². The van der Waals surface area contributed by atoms with Gasteiger partial charge in [0.25, 0.3) is 0 Å². The number of hydrogen-bond donors (Lipinski definition) is 1. The molecule has 1 aromatic carbocycles. The van der Waals surface area contributed by atoms with E-state index in [2.05, 4.69) is 5.32 Å². The molecule has 1 aliphatic carbocycles. The van der Waals surface area contributed by atoms with Gasteiger partial charge in [-0.15, -0.1) is 0 Å². The summed E-state index contributed by atoms with van der Waals surface area (Å²) in [5.41, 5.74) is 0.652. The van der Waals surface area contributed by atoms with E-state index in [1.807, 2.05) is 17.0 Å². The zero-order valence-corrected chi connectivity index (χ0v) is 12.2. The maximum atomic E-state index is 12.4. The number of nitrogens with one attached hydrogen (secondary N) is 1. The molecule has 0 spiro atoms. The number of carbonyl (C=O) groups excluding carboxylic acids is 2. The number of hydrogen-bond acceptors (Lipinski definition) is 3. The van der Waals surface area contributed by atoms with Gasteiger partial charge in [0.1, 0.15) is 5.75 Å². The second-order valence-electron chi connectivity index (χ2n) is 5.72. The maximum Gasteiger partial charge on any atom is 0.229 e. The fourth-order valence-corrected chi connectivity index (χ4v) is 2.94. The van der Waals surface area contributed by atoms with Crippen LogP contribution in [-0.4, -0.2) is 36.4 Å². The number of rotatable bonds is 4. The van der Waals surface area contributed by atoms with E-state index >= 15 is 0 Å². The third kappa shape index (κ3) is 2.73. The third-order valence-corrected chi connectivity index (χ3v) is 4.41. The lowest BCUT2D eigenvalue weighted by Crippen LogP contribution is -2.41. The molecule has 1 N–H and O–H groups in total. The smallest absolute Gasteiger partial charge is 0.229 e. The first-order chi connectivity index (χ1) is 10.2. The van der Waals surface area contributed by atoms with E-state index in [0.717, 1.165) is 12.8 Å². The summed E-state index contributed by atoms with van der Waals surface area (Å²) in [5.74, 6) is 0.378. The van der Waals surface area contributed by atoms with Gasteiger partial charge in [0.05, 0.1) is 18.7 Å². The second-order valence-corrected chi connectivity index (χ2v) is 5.72. The molecule has 0 aromatic heterocycles. The van der Waals surface area contributed by atoms with Crippen molar-refractivity contribution in [1.82, 2.24) is 4.90 Å². The fraction of sp³-hybridized carbons (Fsp3) is 0.500. The molecule has 1 saturated carbocycles. The predicted octanol–water partition coefficient (Wildman–Crippen LogP) is 2.03. The zero-order valence-electron chi connectivity index (χ0n) is 12.2. The Labute approximate surface area is 124 Å². The van der Waals surface area contributed by atoms with E-state index in [1.54, 1.807) is 19.2 Å². The number of para-hydroxylation sites is 2. The van der Waals surface area contributed by atoms with Gasteiger partial charge in [0, 0.05) is 19.0 Å². The van der Waals surface area contributed by atoms with Crippen LogP contribution < -0.4 is 10.1 Å². The number of nitrogens with zero attached hydrogens (tertiary/aromatic N) is 1. The zero-order chi connectivity index (χ0) is 14.8. The van der Waals surface area contributed by atoms with Crippen molar-refractivity contribution < 1.29 is 14.3 Å². The van der Waals surface area contributed by atoms with Crippen LogP contribution in [0.15, 0.2) is 24.3 Å². The van der Waals surface area contributed by atoms with Crippen LogP contribution in [0.5, 0.6) is 5.75 Å². The van der Waals surface area contributed by atoms with Gasteiger partial charge in [-0.25, -0.2) is 0 Å². The first-order valence-electron chi connectivity index (χ1n) is 7.42. The largest absolute Gasteiger partial charge is 0.495 e. The van der Waals surface area contributed by atoms with E-state index in [4.69, 9.17) is 4.74 Å². The molecular weight excluding hydrogens is 268 g/mol. The topological polar surface area (TPSA) is 58.6 Å². The Balaban J connectivity index is 1.64. The number of amides is 2. The highest BCUT2D eigenvalue weighted by Crippen LogP contribution is 2.31. The first-order valence-corrected chi connectivity index (χ1v) is 7.42. The maximum absolute atomic E-state index is 12.4. The molecule has 1 saturated heterocycles. The van der Waals surface area contributed by atoms with Gasteiger partial charge in [0.2, 0.25) is 11.8 Å². The number of likely N-dealkylation sites (tertiary alicyclic amines) is 1. The monoisotopic (exact) mass is 288 g/mol. The van der Waals surface area contributed by atoms with Crippen molar-refractivity contribution in [2.45, 2.75) is 31.7 Å². The molecule has 1 unspecified atom stereocenters. The highest BCUT2D eigenvalue weighted by atomic mass is 16.5. The van der Waals surface area contributed by atoms with Crippen molar-refractivity contribution >= 4 is 17.5 Å². The van der Waals surface area contributed by atoms with Gasteiger partial charge in [-0.05, 0) is 31.4 Å². The molecule has 3 rings (SSSR count). The summed E-state index contributed by atoms with van der Waals surface area (Å²) in [6.45, 7) is 0.546. The minimum absolute atomic E-state index is 0.102. The molecular formula is C16H20N2O3. The summed E-state index contributed by atoms with van der Waals surface area (Å²) in [7, 11) is 1.57. The van der Waals surface area contributed by atoms with Gasteiger partial charge in [-0.3, -0.25) is 9.59 Å². The van der Waals surface area contributed by atoms with Crippen LogP contribution in [-0.2, 0) is 9.59 Å². The van der Waals surface area contributed by atoms with Gasteiger partial charge in [-0.2, -0.15) is 0 Å². The Morgan fingerprint density at radius 1 is 1.33 bits per heavy atom. The van der Waals surface area contributed by atoms with Crippen molar-refractivity contribution in [1.29, 1.82) is 0 Å². The third-order valence-electron chi connectivity index (χ3n) is 4.41. The fourth-order valence-electron chi connectivity index (χ4n) is 2.94. The van der Waals surface area contributed by atoms with Gasteiger partial charge in [0.15, 0.2) is 0 Å². The molecule has 112 valence electrons. The van der Waals surface area contributed by atoms with Crippen LogP contribution >= 0.6 is 0 Å². The van der Waals surface area contributed by atoms with E-state index in [9.17, 15) is 9.59 Å². The summed E-state index contributed by atoms with van der Waals surface area (Å²) < 4.78 is 5.22. The molecule has 1 atom stereocenters. The SMILES string of the molecule is COc1ccccc1NC(=O)C1CC(=O)N(C2CCC2)C1. The average molecular weight is 288 g/mol. The molecule has 0 radical (unpaired) electrons. The van der Waals surface area contributed by atoms with E-state index in [-0.39, 0.29) is 17.7 Å². The highest BCUT2D eigenvalue weighted by Gasteiger charge is 2.39. The molecule has 5 nitrogen and oxygen atoms in total. The van der Waals surface area contributed by atoms with Crippen molar-refractivity contribution in [2.75, 3.05) is 19.0 Å². The molecule has 21 heavy (non-hydrogen) atoms. The predicted molar refractivity (Wildman–Crippen MR) is 79.1 cm³/mol. The molecule has 2 aliphatic rings. The van der Waals surface area contributed by atoms with Gasteiger partial charge < -0.3 is 15.0 Å². The summed E-state index contributed by atoms with van der Waals surface area (Å²) in [6.07, 6.45) is 3.66. The molecule has 1 aromatic rings. The molecule has 1 aliphatic heterocycles. The van der Waals surface area contributed by atoms with Crippen LogP contribution in [0.2, 0.25) is 0 Å². The highest BCUT2D eigenvalue weighted by molar-refractivity contribution is 5.98. The van der Waals surface area contributed by atoms with E-state index in [1.165, 1.54) is 6.42 Å². The summed E-state index contributed by atoms with van der Waals surface area (Å²) in [5, 5.41) is 2.88. The molecule has 2 fully saturated rings. The lowest BCUT2D eigenvalue weighted by molar-refractivity contribution is -0.131. The van der Waals surface area contributed by atoms with E-state index in [0.29, 0.717) is 30.4 Å². The van der Waals surface area contributed by atoms with Crippen LogP contribution in [0.1, 0.15) is 25.7 Å². The van der Waals surface area contributed by atoms with Gasteiger partial charge >= 0.3 is 0 Å². The van der Waals surface area contributed by atoms with Crippen LogP contribution in [0.4, 0.5) is 5.69 Å². The van der Waals surface area contributed by atoms with Crippen LogP contribution in [0, 0.1) is 5.92 Å². The lowest BCUT2D eigenvalue weighted by Gasteiger charge is -2.34. The second kappa shape index (κ2) is 5.76. The number of carbonyl (C=O) groups is 2. The number of anilines is 1. The lowest BCUT2D eigenvalue weighted by atomic mass is 9.92. The minimum atomic E-state index is -0.261. The van der Waals surface area contributed by atoms with Crippen LogP contribution in [0.25, 0.3) is 0 Å². The molecule has 0 bridgehead atoms. The summed E-state index contributed by atoms with van der Waals surface area (Å²) in [6, 6.07) is 7.67. The van der Waals surface area contributed by atoms with Crippen molar-refractivity contribution in [3.8, 4) is 5.75 Å². The number of methoxy groups -OCH3 is 1. The van der Waals surface area contributed by atoms with E-state index < -0.39 is 0 Å². The van der Waals surface area contributed by atoms with Crippen molar-refractivity contribution in [2.24, 2.45) is 5.92 Å². The molecule has 2 amide bonds. The normalized spacial score (nSPS) is 22.0. The first kappa shape index (κ1) is 13.9. The Bertz CT molecular complexity index is 554. The summed E-state index contributed by atoms with van der Waals surface area (Å²) >= 11 is 0. The molecule has 5 heteroatoms. The summed E-state index contributed by atoms with van der Waals surface area (Å²) in [4.78, 5) is 26.3. The average Bonchev–Trinajstić information content (AvgIpc) is 2.80. The Morgan fingerprint density at radius 2 is 2.10 bits per heavy atom. The number of ether oxygens (including phenoxy) is 1. The quantitative estimate of drug-likeness (QED) is 0.922. The Morgan fingerprint density at radius 3 is 2.76 bits per heavy atom. The van der Waals surface area contributed by atoms with Crippen molar-refractivity contribution in [3.05, 3.63) is 24.3 Å². The standard InChI is InChI=1S/C16H20N2O3/c1-21-14-8-3-2-7-13(14)17-16(20)11-9-15(19)18(10-11)12-5-4-6-12/h2-3,7-8,11-12H,4-6,9-10H2,1H3,(H,17,20). The van der Waals surface area contributed by atoms with Gasteiger partial charge in [-0.1, -0.05) is 12.1 Å².